The van der Waals surface area contributed by atoms with Gasteiger partial charge in [-0.3, -0.25) is 4.79 Å². The highest BCUT2D eigenvalue weighted by molar-refractivity contribution is 5.79. The molecule has 74 valence electrons. The molecule has 5 nitrogen and oxygen atoms in total. The molecule has 1 aliphatic heterocycles. The number of hydrogen-bond donors (Lipinski definition) is 1. The normalized spacial score (nSPS) is 23.5. The Morgan fingerprint density at radius 1 is 1.62 bits per heavy atom. The fourth-order valence-electron chi connectivity index (χ4n) is 1.47. The van der Waals surface area contributed by atoms with Gasteiger partial charge in [-0.05, 0) is 6.92 Å². The Morgan fingerprint density at radius 2 is 2.23 bits per heavy atom. The first-order chi connectivity index (χ1) is 6.06. The number of carboxylic acid groups (broad SMARTS) is 1. The molecule has 0 spiro atoms. The van der Waals surface area contributed by atoms with Crippen molar-refractivity contribution in [1.82, 2.24) is 9.80 Å². The van der Waals surface area contributed by atoms with E-state index in [9.17, 15) is 9.59 Å². The van der Waals surface area contributed by atoms with Gasteiger partial charge in [0.1, 0.15) is 0 Å². The smallest absolute Gasteiger partial charge is 0.319 e. The molecule has 1 rings (SSSR count). The zero-order chi connectivity index (χ0) is 10.0. The van der Waals surface area contributed by atoms with Gasteiger partial charge in [-0.1, -0.05) is 0 Å². The Kier molecular flexibility index (Phi) is 2.75. The molecule has 1 fully saturated rings. The third-order valence-electron chi connectivity index (χ3n) is 2.26. The highest BCUT2D eigenvalue weighted by atomic mass is 16.4. The summed E-state index contributed by atoms with van der Waals surface area (Å²) in [5, 5.41) is 8.79. The maximum atomic E-state index is 11.4. The zero-order valence-electron chi connectivity index (χ0n) is 7.86. The van der Waals surface area contributed by atoms with E-state index in [1.54, 1.807) is 11.9 Å². The fraction of sp³-hybridized carbons (Fsp3) is 0.750. The molecular weight excluding hydrogens is 172 g/mol. The van der Waals surface area contributed by atoms with Crippen LogP contribution in [0, 0.1) is 5.92 Å². The number of hydrogen-bond acceptors (Lipinski definition) is 2. The first-order valence-electron chi connectivity index (χ1n) is 4.29. The quantitative estimate of drug-likeness (QED) is 0.664. The second-order valence-corrected chi connectivity index (χ2v) is 3.24. The van der Waals surface area contributed by atoms with Crippen LogP contribution in [0.2, 0.25) is 0 Å². The Morgan fingerprint density at radius 3 is 2.69 bits per heavy atom. The van der Waals surface area contributed by atoms with Gasteiger partial charge in [0.15, 0.2) is 0 Å². The van der Waals surface area contributed by atoms with Crippen molar-refractivity contribution in [3.8, 4) is 0 Å². The van der Waals surface area contributed by atoms with Gasteiger partial charge in [0.05, 0.1) is 5.92 Å². The molecule has 1 heterocycles. The summed E-state index contributed by atoms with van der Waals surface area (Å²) in [6, 6.07) is -0.0833. The van der Waals surface area contributed by atoms with E-state index in [2.05, 4.69) is 0 Å². The van der Waals surface area contributed by atoms with E-state index in [1.165, 1.54) is 4.90 Å². The van der Waals surface area contributed by atoms with E-state index in [0.717, 1.165) is 0 Å². The van der Waals surface area contributed by atoms with E-state index in [1.807, 2.05) is 6.92 Å². The largest absolute Gasteiger partial charge is 0.481 e. The summed E-state index contributed by atoms with van der Waals surface area (Å²) < 4.78 is 0. The van der Waals surface area contributed by atoms with Crippen molar-refractivity contribution in [1.29, 1.82) is 0 Å². The molecule has 0 aromatic carbocycles. The average molecular weight is 186 g/mol. The predicted octanol–water partition coefficient (Wildman–Crippen LogP) is 0.0745. The van der Waals surface area contributed by atoms with Crippen LogP contribution in [-0.2, 0) is 4.79 Å². The fourth-order valence-corrected chi connectivity index (χ4v) is 1.47. The van der Waals surface area contributed by atoms with Gasteiger partial charge in [-0.2, -0.15) is 0 Å². The molecule has 1 atom stereocenters. The zero-order valence-corrected chi connectivity index (χ0v) is 7.86. The van der Waals surface area contributed by atoms with E-state index < -0.39 is 11.9 Å². The molecular formula is C8H14N2O3. The van der Waals surface area contributed by atoms with Gasteiger partial charge in [0, 0.05) is 26.7 Å². The van der Waals surface area contributed by atoms with Gasteiger partial charge >= 0.3 is 12.0 Å². The molecule has 1 unspecified atom stereocenters. The Bertz CT molecular complexity index is 229. The summed E-state index contributed by atoms with van der Waals surface area (Å²) in [4.78, 5) is 25.1. The van der Waals surface area contributed by atoms with Crippen molar-refractivity contribution in [2.75, 3.05) is 26.7 Å². The van der Waals surface area contributed by atoms with Crippen LogP contribution in [0.5, 0.6) is 0 Å². The molecule has 0 radical (unpaired) electrons. The summed E-state index contributed by atoms with van der Waals surface area (Å²) >= 11 is 0. The number of rotatable bonds is 2. The molecule has 13 heavy (non-hydrogen) atoms. The van der Waals surface area contributed by atoms with Crippen LogP contribution < -0.4 is 0 Å². The van der Waals surface area contributed by atoms with Gasteiger partial charge in [0.2, 0.25) is 0 Å². The lowest BCUT2D eigenvalue weighted by molar-refractivity contribution is -0.143. The molecule has 1 N–H and O–H groups in total. The Balaban J connectivity index is 2.68. The van der Waals surface area contributed by atoms with Crippen molar-refractivity contribution >= 4 is 12.0 Å². The maximum absolute atomic E-state index is 11.4. The second kappa shape index (κ2) is 3.64. The Labute approximate surface area is 76.9 Å². The Hall–Kier alpha value is -1.26. The van der Waals surface area contributed by atoms with Gasteiger partial charge in [-0.15, -0.1) is 0 Å². The first kappa shape index (κ1) is 9.83. The minimum atomic E-state index is -0.835. The lowest BCUT2D eigenvalue weighted by atomic mass is 10.1. The number of carbonyl (C=O) groups is 2. The monoisotopic (exact) mass is 186 g/mol. The lowest BCUT2D eigenvalue weighted by Crippen LogP contribution is -2.53. The summed E-state index contributed by atoms with van der Waals surface area (Å²) in [6.07, 6.45) is 0. The number of carbonyl (C=O) groups excluding carboxylic acids is 1. The number of urea groups is 1. The molecule has 0 aromatic rings. The third kappa shape index (κ3) is 1.91. The van der Waals surface area contributed by atoms with Crippen LogP contribution in [0.25, 0.3) is 0 Å². The highest BCUT2D eigenvalue weighted by Gasteiger charge is 2.32. The van der Waals surface area contributed by atoms with Gasteiger partial charge < -0.3 is 14.9 Å². The van der Waals surface area contributed by atoms with Gasteiger partial charge in [-0.25, -0.2) is 4.79 Å². The van der Waals surface area contributed by atoms with Crippen LogP contribution >= 0.6 is 0 Å². The molecule has 1 saturated heterocycles. The van der Waals surface area contributed by atoms with E-state index in [4.69, 9.17) is 5.11 Å². The molecule has 0 aliphatic carbocycles. The predicted molar refractivity (Wildman–Crippen MR) is 46.4 cm³/mol. The van der Waals surface area contributed by atoms with Crippen molar-refractivity contribution in [3.63, 3.8) is 0 Å². The topological polar surface area (TPSA) is 60.9 Å². The summed E-state index contributed by atoms with van der Waals surface area (Å²) in [5.74, 6) is -1.29. The first-order valence-corrected chi connectivity index (χ1v) is 4.29. The van der Waals surface area contributed by atoms with Crippen LogP contribution in [0.15, 0.2) is 0 Å². The van der Waals surface area contributed by atoms with Crippen LogP contribution in [-0.4, -0.2) is 53.6 Å². The van der Waals surface area contributed by atoms with E-state index in [-0.39, 0.29) is 6.03 Å². The number of carboxylic acids is 1. The van der Waals surface area contributed by atoms with Gasteiger partial charge in [0.25, 0.3) is 0 Å². The summed E-state index contributed by atoms with van der Waals surface area (Å²) in [7, 11) is 1.63. The highest BCUT2D eigenvalue weighted by Crippen LogP contribution is 2.12. The van der Waals surface area contributed by atoms with Crippen molar-refractivity contribution in [3.05, 3.63) is 0 Å². The van der Waals surface area contributed by atoms with Crippen LogP contribution in [0.1, 0.15) is 6.92 Å². The number of aliphatic carboxylic acids is 1. The summed E-state index contributed by atoms with van der Waals surface area (Å²) in [6.45, 7) is 3.04. The van der Waals surface area contributed by atoms with Crippen molar-refractivity contribution < 1.29 is 14.7 Å². The van der Waals surface area contributed by atoms with Crippen molar-refractivity contribution in [2.24, 2.45) is 5.92 Å². The molecule has 2 amide bonds. The minimum absolute atomic E-state index is 0.0833. The molecule has 5 heteroatoms. The summed E-state index contributed by atoms with van der Waals surface area (Å²) in [5.41, 5.74) is 0. The maximum Gasteiger partial charge on any atom is 0.319 e. The minimum Gasteiger partial charge on any atom is -0.481 e. The molecule has 0 bridgehead atoms. The lowest BCUT2D eigenvalue weighted by Gasteiger charge is -2.35. The van der Waals surface area contributed by atoms with E-state index >= 15 is 0 Å². The average Bonchev–Trinajstić information content (AvgIpc) is 2.09. The molecule has 0 saturated carbocycles. The molecule has 0 aromatic heterocycles. The van der Waals surface area contributed by atoms with Crippen molar-refractivity contribution in [2.45, 2.75) is 6.92 Å². The number of nitrogens with zero attached hydrogens (tertiary/aromatic N) is 2. The standard InChI is InChI=1S/C8H14N2O3/c1-3-10-5-6(7(11)12)4-9(2)8(10)13/h6H,3-5H2,1-2H3,(H,11,12). The van der Waals surface area contributed by atoms with Crippen LogP contribution in [0.3, 0.4) is 0 Å². The van der Waals surface area contributed by atoms with E-state index in [0.29, 0.717) is 19.6 Å². The number of amides is 2. The SMILES string of the molecule is CCN1CC(C(=O)O)CN(C)C1=O. The third-order valence-corrected chi connectivity index (χ3v) is 2.26. The van der Waals surface area contributed by atoms with Crippen LogP contribution in [0.4, 0.5) is 4.79 Å². The second-order valence-electron chi connectivity index (χ2n) is 3.24. The molecule has 1 aliphatic rings.